The van der Waals surface area contributed by atoms with E-state index in [4.69, 9.17) is 14.2 Å². The second-order valence-electron chi connectivity index (χ2n) is 6.96. The maximum Gasteiger partial charge on any atom is 0.303 e. The van der Waals surface area contributed by atoms with Crippen LogP contribution in [0.2, 0.25) is 0 Å². The fourth-order valence-corrected chi connectivity index (χ4v) is 3.61. The Morgan fingerprint density at radius 3 is 2.40 bits per heavy atom. The van der Waals surface area contributed by atoms with E-state index in [9.17, 15) is 19.7 Å². The molecule has 1 aromatic heterocycles. The molecule has 0 bridgehead atoms. The highest BCUT2D eigenvalue weighted by molar-refractivity contribution is 5.93. The molecule has 1 aliphatic heterocycles. The summed E-state index contributed by atoms with van der Waals surface area (Å²) >= 11 is 0. The number of rotatable bonds is 6. The average molecular weight is 422 g/mol. The number of nitrogens with zero attached hydrogens (tertiary/aromatic N) is 3. The number of carbonyl (C=O) groups is 2. The number of aromatic nitrogens is 2. The predicted molar refractivity (Wildman–Crippen MR) is 102 cm³/mol. The molecule has 1 aliphatic rings. The number of carbonyl (C=O) groups excluding carboxylic acids is 2. The third-order valence-corrected chi connectivity index (χ3v) is 4.86. The van der Waals surface area contributed by atoms with Gasteiger partial charge in [0, 0.05) is 19.9 Å². The van der Waals surface area contributed by atoms with E-state index in [1.165, 1.54) is 26.0 Å². The van der Waals surface area contributed by atoms with Gasteiger partial charge in [-0.25, -0.2) is 4.63 Å². The highest BCUT2D eigenvalue weighted by Gasteiger charge is 2.48. The Morgan fingerprint density at radius 1 is 1.17 bits per heavy atom. The molecule has 12 nitrogen and oxygen atoms in total. The molecule has 3 unspecified atom stereocenters. The number of ether oxygens (including phenoxy) is 3. The van der Waals surface area contributed by atoms with Crippen LogP contribution >= 0.6 is 0 Å². The Morgan fingerprint density at radius 2 is 1.80 bits per heavy atom. The molecule has 5 atom stereocenters. The number of anilines is 1. The predicted octanol–water partition coefficient (Wildman–Crippen LogP) is 1.97. The summed E-state index contributed by atoms with van der Waals surface area (Å²) < 4.78 is 21.6. The number of fused-ring (bicyclic) bond motifs is 1. The van der Waals surface area contributed by atoms with Gasteiger partial charge in [0.15, 0.2) is 17.7 Å². The van der Waals surface area contributed by atoms with Crippen LogP contribution in [0.4, 0.5) is 11.4 Å². The van der Waals surface area contributed by atoms with Gasteiger partial charge in [-0.2, -0.15) is 0 Å². The molecule has 0 saturated carbocycles. The molecule has 0 radical (unpaired) electrons. The van der Waals surface area contributed by atoms with E-state index in [2.05, 4.69) is 20.3 Å². The number of nitro benzene ring substituents is 1. The molecule has 30 heavy (non-hydrogen) atoms. The van der Waals surface area contributed by atoms with Crippen LogP contribution in [0.25, 0.3) is 11.0 Å². The third kappa shape index (κ3) is 4.17. The highest BCUT2D eigenvalue weighted by Crippen LogP contribution is 2.33. The average Bonchev–Trinajstić information content (AvgIpc) is 3.15. The van der Waals surface area contributed by atoms with Crippen LogP contribution in [0.15, 0.2) is 16.8 Å². The van der Waals surface area contributed by atoms with Gasteiger partial charge in [-0.3, -0.25) is 19.7 Å². The van der Waals surface area contributed by atoms with Crippen LogP contribution < -0.4 is 5.32 Å². The Hall–Kier alpha value is -3.28. The standard InChI is InChI=1S/C18H22N4O8/c1-5-13-17(28-9(3)23)18(29-10(4)24)14(8(2)27-13)19-11-6-7-12(22(25)26)16-15(11)20-30-21-16/h6-8,13-14,17-19H,5H2,1-4H3/t8?,13?,14-,17-,18?/m0/s1. The summed E-state index contributed by atoms with van der Waals surface area (Å²) in [4.78, 5) is 34.1. The number of benzene rings is 1. The number of non-ortho nitro benzene ring substituents is 1. The second-order valence-corrected chi connectivity index (χ2v) is 6.96. The maximum atomic E-state index is 11.8. The van der Waals surface area contributed by atoms with E-state index in [0.717, 1.165) is 0 Å². The monoisotopic (exact) mass is 422 g/mol. The zero-order valence-corrected chi connectivity index (χ0v) is 16.9. The number of nitro groups is 1. The van der Waals surface area contributed by atoms with E-state index >= 15 is 0 Å². The van der Waals surface area contributed by atoms with Crippen molar-refractivity contribution in [3.05, 3.63) is 22.2 Å². The fourth-order valence-electron chi connectivity index (χ4n) is 3.61. The molecule has 2 aromatic rings. The van der Waals surface area contributed by atoms with E-state index < -0.39 is 47.3 Å². The van der Waals surface area contributed by atoms with Gasteiger partial charge in [0.1, 0.15) is 0 Å². The van der Waals surface area contributed by atoms with Crippen molar-refractivity contribution in [1.82, 2.24) is 10.3 Å². The van der Waals surface area contributed by atoms with Crippen LogP contribution in [0, 0.1) is 10.1 Å². The molecule has 0 spiro atoms. The molecule has 0 amide bonds. The van der Waals surface area contributed by atoms with Gasteiger partial charge < -0.3 is 19.5 Å². The molecular formula is C18H22N4O8. The molecule has 12 heteroatoms. The molecule has 1 N–H and O–H groups in total. The number of nitrogens with one attached hydrogen (secondary N) is 1. The van der Waals surface area contributed by atoms with Crippen molar-refractivity contribution < 1.29 is 33.4 Å². The van der Waals surface area contributed by atoms with E-state index in [1.807, 2.05) is 6.92 Å². The van der Waals surface area contributed by atoms with Crippen molar-refractivity contribution in [2.75, 3.05) is 5.32 Å². The van der Waals surface area contributed by atoms with E-state index in [0.29, 0.717) is 12.1 Å². The van der Waals surface area contributed by atoms with Crippen LogP contribution in [0.5, 0.6) is 0 Å². The lowest BCUT2D eigenvalue weighted by Gasteiger charge is -2.45. The summed E-state index contributed by atoms with van der Waals surface area (Å²) in [5.74, 6) is -1.09. The third-order valence-electron chi connectivity index (χ3n) is 4.86. The Balaban J connectivity index is 2.00. The van der Waals surface area contributed by atoms with E-state index in [1.54, 1.807) is 6.92 Å². The molecule has 1 fully saturated rings. The Bertz CT molecular complexity index is 961. The molecule has 1 aromatic carbocycles. The smallest absolute Gasteiger partial charge is 0.303 e. The summed E-state index contributed by atoms with van der Waals surface area (Å²) in [5.41, 5.74) is 0.220. The number of hydrogen-bond donors (Lipinski definition) is 1. The first-order valence-electron chi connectivity index (χ1n) is 9.39. The van der Waals surface area contributed by atoms with Gasteiger partial charge in [-0.1, -0.05) is 6.92 Å². The molecule has 1 saturated heterocycles. The molecule has 162 valence electrons. The lowest BCUT2D eigenvalue weighted by Crippen LogP contribution is -2.61. The first kappa shape index (κ1) is 21.4. The molecule has 3 rings (SSSR count). The maximum absolute atomic E-state index is 11.8. The SMILES string of the molecule is CCC1OC(C)[C@H](Nc2ccc([N+](=O)[O-])c3nonc23)C(OC(C)=O)[C@H]1OC(C)=O. The van der Waals surface area contributed by atoms with Crippen molar-refractivity contribution in [1.29, 1.82) is 0 Å². The van der Waals surface area contributed by atoms with Gasteiger partial charge in [0.2, 0.25) is 5.52 Å². The molecule has 0 aliphatic carbocycles. The second kappa shape index (κ2) is 8.61. The first-order chi connectivity index (χ1) is 14.2. The lowest BCUT2D eigenvalue weighted by atomic mass is 9.91. The normalized spacial score (nSPS) is 26.2. The summed E-state index contributed by atoms with van der Waals surface area (Å²) in [7, 11) is 0. The minimum atomic E-state index is -0.870. The van der Waals surface area contributed by atoms with E-state index in [-0.39, 0.29) is 16.7 Å². The van der Waals surface area contributed by atoms with Crippen LogP contribution in [0.1, 0.15) is 34.1 Å². The van der Waals surface area contributed by atoms with Gasteiger partial charge in [-0.15, -0.1) is 0 Å². The van der Waals surface area contributed by atoms with Crippen molar-refractivity contribution in [2.45, 2.75) is 64.6 Å². The van der Waals surface area contributed by atoms with Gasteiger partial charge in [0.05, 0.1) is 28.9 Å². The zero-order chi connectivity index (χ0) is 22.0. The van der Waals surface area contributed by atoms with Crippen molar-refractivity contribution in [3.8, 4) is 0 Å². The van der Waals surface area contributed by atoms with Gasteiger partial charge >= 0.3 is 17.6 Å². The van der Waals surface area contributed by atoms with Crippen LogP contribution in [-0.2, 0) is 23.8 Å². The first-order valence-corrected chi connectivity index (χ1v) is 9.39. The molecule has 2 heterocycles. The molecular weight excluding hydrogens is 400 g/mol. The topological polar surface area (TPSA) is 156 Å². The fraction of sp³-hybridized carbons (Fsp3) is 0.556. The minimum Gasteiger partial charge on any atom is -0.456 e. The van der Waals surface area contributed by atoms with Crippen LogP contribution in [-0.4, -0.2) is 57.6 Å². The van der Waals surface area contributed by atoms with Crippen LogP contribution in [0.3, 0.4) is 0 Å². The largest absolute Gasteiger partial charge is 0.456 e. The van der Waals surface area contributed by atoms with Gasteiger partial charge in [0.25, 0.3) is 0 Å². The Kier molecular flexibility index (Phi) is 6.15. The van der Waals surface area contributed by atoms with Crippen molar-refractivity contribution in [3.63, 3.8) is 0 Å². The van der Waals surface area contributed by atoms with Gasteiger partial charge in [-0.05, 0) is 29.7 Å². The summed E-state index contributed by atoms with van der Waals surface area (Å²) in [6, 6.07) is 2.07. The highest BCUT2D eigenvalue weighted by atomic mass is 16.6. The summed E-state index contributed by atoms with van der Waals surface area (Å²) in [6.45, 7) is 6.17. The zero-order valence-electron chi connectivity index (χ0n) is 16.9. The van der Waals surface area contributed by atoms with Crippen molar-refractivity contribution >= 4 is 34.3 Å². The summed E-state index contributed by atoms with van der Waals surface area (Å²) in [6.07, 6.45) is -2.12. The number of esters is 2. The van der Waals surface area contributed by atoms with Crippen molar-refractivity contribution in [2.24, 2.45) is 0 Å². The summed E-state index contributed by atoms with van der Waals surface area (Å²) in [5, 5.41) is 21.7. The Labute approximate surface area is 170 Å². The minimum absolute atomic E-state index is 0.0265. The quantitative estimate of drug-likeness (QED) is 0.412. The lowest BCUT2D eigenvalue weighted by molar-refractivity contribution is -0.383. The number of hydrogen-bond acceptors (Lipinski definition) is 11.